The van der Waals surface area contributed by atoms with Crippen LogP contribution in [0.25, 0.3) is 0 Å². The molecule has 0 atom stereocenters. The standard InChI is InChI=1S/C14H22N2/c1-11(2)9-16(14-7-8-14)10-12-3-5-13(15)6-4-12/h3-6,11,14H,7-10,15H2,1-2H3. The van der Waals surface area contributed by atoms with E-state index in [4.69, 9.17) is 5.73 Å². The summed E-state index contributed by atoms with van der Waals surface area (Å²) < 4.78 is 0. The van der Waals surface area contributed by atoms with Gasteiger partial charge in [-0.2, -0.15) is 0 Å². The minimum atomic E-state index is 0.745. The fourth-order valence-electron chi connectivity index (χ4n) is 2.11. The lowest BCUT2D eigenvalue weighted by atomic mass is 10.1. The maximum Gasteiger partial charge on any atom is 0.0314 e. The van der Waals surface area contributed by atoms with Crippen LogP contribution in [-0.4, -0.2) is 17.5 Å². The number of nitrogens with two attached hydrogens (primary N) is 1. The number of hydrogen-bond acceptors (Lipinski definition) is 2. The molecule has 2 N–H and O–H groups in total. The Morgan fingerprint density at radius 1 is 1.25 bits per heavy atom. The second-order valence-corrected chi connectivity index (χ2v) is 5.30. The van der Waals surface area contributed by atoms with E-state index in [0.717, 1.165) is 24.2 Å². The maximum absolute atomic E-state index is 5.70. The van der Waals surface area contributed by atoms with Crippen LogP contribution in [0.4, 0.5) is 5.69 Å². The molecule has 88 valence electrons. The molecule has 0 aliphatic heterocycles. The Labute approximate surface area is 98.4 Å². The highest BCUT2D eigenvalue weighted by atomic mass is 15.2. The van der Waals surface area contributed by atoms with E-state index >= 15 is 0 Å². The Bertz CT molecular complexity index is 325. The monoisotopic (exact) mass is 218 g/mol. The van der Waals surface area contributed by atoms with Crippen molar-refractivity contribution in [3.8, 4) is 0 Å². The van der Waals surface area contributed by atoms with Crippen LogP contribution in [0.3, 0.4) is 0 Å². The molecule has 0 bridgehead atoms. The zero-order valence-electron chi connectivity index (χ0n) is 10.3. The molecule has 2 rings (SSSR count). The SMILES string of the molecule is CC(C)CN(Cc1ccc(N)cc1)C1CC1. The number of nitrogen functional groups attached to an aromatic ring is 1. The van der Waals surface area contributed by atoms with Crippen LogP contribution < -0.4 is 5.73 Å². The predicted octanol–water partition coefficient (Wildman–Crippen LogP) is 2.89. The van der Waals surface area contributed by atoms with E-state index in [1.165, 1.54) is 24.9 Å². The minimum absolute atomic E-state index is 0.745. The van der Waals surface area contributed by atoms with E-state index in [-0.39, 0.29) is 0 Å². The summed E-state index contributed by atoms with van der Waals surface area (Å²) in [6, 6.07) is 9.11. The first-order valence-corrected chi connectivity index (χ1v) is 6.23. The normalized spacial score (nSPS) is 16.0. The van der Waals surface area contributed by atoms with Crippen molar-refractivity contribution in [2.24, 2.45) is 5.92 Å². The van der Waals surface area contributed by atoms with Crippen LogP contribution >= 0.6 is 0 Å². The summed E-state index contributed by atoms with van der Waals surface area (Å²) in [6.07, 6.45) is 2.75. The van der Waals surface area contributed by atoms with Crippen molar-refractivity contribution in [3.05, 3.63) is 29.8 Å². The second kappa shape index (κ2) is 4.88. The zero-order valence-corrected chi connectivity index (χ0v) is 10.3. The molecule has 1 aliphatic carbocycles. The first-order chi connectivity index (χ1) is 7.65. The van der Waals surface area contributed by atoms with Gasteiger partial charge in [-0.15, -0.1) is 0 Å². The van der Waals surface area contributed by atoms with Gasteiger partial charge in [0.25, 0.3) is 0 Å². The molecule has 0 heterocycles. The Hall–Kier alpha value is -1.02. The lowest BCUT2D eigenvalue weighted by Gasteiger charge is -2.24. The van der Waals surface area contributed by atoms with Crippen molar-refractivity contribution >= 4 is 5.69 Å². The smallest absolute Gasteiger partial charge is 0.0314 e. The molecule has 0 unspecified atom stereocenters. The van der Waals surface area contributed by atoms with Crippen LogP contribution in [0.15, 0.2) is 24.3 Å². The molecule has 2 nitrogen and oxygen atoms in total. The summed E-state index contributed by atoms with van der Waals surface area (Å²) >= 11 is 0. The molecule has 0 aromatic heterocycles. The van der Waals surface area contributed by atoms with Gasteiger partial charge in [0.2, 0.25) is 0 Å². The second-order valence-electron chi connectivity index (χ2n) is 5.30. The predicted molar refractivity (Wildman–Crippen MR) is 69.1 cm³/mol. The Kier molecular flexibility index (Phi) is 3.49. The van der Waals surface area contributed by atoms with Crippen LogP contribution in [0, 0.1) is 5.92 Å². The first kappa shape index (κ1) is 11.5. The third kappa shape index (κ3) is 3.24. The molecule has 16 heavy (non-hydrogen) atoms. The Morgan fingerprint density at radius 2 is 1.88 bits per heavy atom. The third-order valence-corrected chi connectivity index (χ3v) is 3.03. The molecule has 2 heteroatoms. The molecule has 0 radical (unpaired) electrons. The summed E-state index contributed by atoms with van der Waals surface area (Å²) in [5.74, 6) is 0.745. The van der Waals surface area contributed by atoms with E-state index in [1.807, 2.05) is 12.1 Å². The third-order valence-electron chi connectivity index (χ3n) is 3.03. The van der Waals surface area contributed by atoms with E-state index in [9.17, 15) is 0 Å². The number of hydrogen-bond donors (Lipinski definition) is 1. The van der Waals surface area contributed by atoms with Gasteiger partial charge in [-0.25, -0.2) is 0 Å². The molecule has 1 aromatic rings. The summed E-state index contributed by atoms with van der Waals surface area (Å²) in [5.41, 5.74) is 7.93. The van der Waals surface area contributed by atoms with Gasteiger partial charge in [0.05, 0.1) is 0 Å². The van der Waals surface area contributed by atoms with Crippen molar-refractivity contribution in [2.75, 3.05) is 12.3 Å². The summed E-state index contributed by atoms with van der Waals surface area (Å²) in [7, 11) is 0. The maximum atomic E-state index is 5.70. The highest BCUT2D eigenvalue weighted by Crippen LogP contribution is 2.29. The van der Waals surface area contributed by atoms with Crippen LogP contribution in [0.1, 0.15) is 32.3 Å². The number of benzene rings is 1. The van der Waals surface area contributed by atoms with Crippen molar-refractivity contribution in [1.29, 1.82) is 0 Å². The first-order valence-electron chi connectivity index (χ1n) is 6.23. The van der Waals surface area contributed by atoms with Gasteiger partial charge in [-0.1, -0.05) is 26.0 Å². The quantitative estimate of drug-likeness (QED) is 0.770. The number of anilines is 1. The van der Waals surface area contributed by atoms with Gasteiger partial charge in [0.1, 0.15) is 0 Å². The van der Waals surface area contributed by atoms with Crippen LogP contribution in [0.5, 0.6) is 0 Å². The highest BCUT2D eigenvalue weighted by Gasteiger charge is 2.28. The van der Waals surface area contributed by atoms with Crippen molar-refractivity contribution < 1.29 is 0 Å². The van der Waals surface area contributed by atoms with E-state index < -0.39 is 0 Å². The van der Waals surface area contributed by atoms with Crippen LogP contribution in [-0.2, 0) is 6.54 Å². The molecule has 0 saturated heterocycles. The average Bonchev–Trinajstić information content (AvgIpc) is 3.03. The molecule has 0 spiro atoms. The summed E-state index contributed by atoms with van der Waals surface area (Å²) in [4.78, 5) is 2.61. The lowest BCUT2D eigenvalue weighted by molar-refractivity contribution is 0.226. The molecule has 1 aliphatic rings. The van der Waals surface area contributed by atoms with Crippen LogP contribution in [0.2, 0.25) is 0 Å². The van der Waals surface area contributed by atoms with Gasteiger partial charge in [0.15, 0.2) is 0 Å². The van der Waals surface area contributed by atoms with Gasteiger partial charge in [0, 0.05) is 24.8 Å². The largest absolute Gasteiger partial charge is 0.399 e. The summed E-state index contributed by atoms with van der Waals surface area (Å²) in [6.45, 7) is 6.86. The molecule has 1 saturated carbocycles. The van der Waals surface area contributed by atoms with Crippen molar-refractivity contribution in [1.82, 2.24) is 4.90 Å². The molecular formula is C14H22N2. The fraction of sp³-hybridized carbons (Fsp3) is 0.571. The topological polar surface area (TPSA) is 29.3 Å². The Balaban J connectivity index is 1.96. The van der Waals surface area contributed by atoms with Gasteiger partial charge < -0.3 is 5.73 Å². The lowest BCUT2D eigenvalue weighted by Crippen LogP contribution is -2.29. The van der Waals surface area contributed by atoms with Crippen molar-refractivity contribution in [3.63, 3.8) is 0 Å². The molecule has 0 amide bonds. The number of rotatable bonds is 5. The highest BCUT2D eigenvalue weighted by molar-refractivity contribution is 5.39. The summed E-state index contributed by atoms with van der Waals surface area (Å²) in [5, 5.41) is 0. The van der Waals surface area contributed by atoms with E-state index in [1.54, 1.807) is 0 Å². The van der Waals surface area contributed by atoms with Gasteiger partial charge in [-0.3, -0.25) is 4.90 Å². The van der Waals surface area contributed by atoms with E-state index in [0.29, 0.717) is 0 Å². The van der Waals surface area contributed by atoms with Gasteiger partial charge in [-0.05, 0) is 36.5 Å². The zero-order chi connectivity index (χ0) is 11.5. The molecule has 1 fully saturated rings. The van der Waals surface area contributed by atoms with Gasteiger partial charge >= 0.3 is 0 Å². The molecule has 1 aromatic carbocycles. The number of nitrogens with zero attached hydrogens (tertiary/aromatic N) is 1. The van der Waals surface area contributed by atoms with Crippen molar-refractivity contribution in [2.45, 2.75) is 39.3 Å². The molecular weight excluding hydrogens is 196 g/mol. The minimum Gasteiger partial charge on any atom is -0.399 e. The average molecular weight is 218 g/mol. The Morgan fingerprint density at radius 3 is 2.38 bits per heavy atom. The fourth-order valence-corrected chi connectivity index (χ4v) is 2.11. The van der Waals surface area contributed by atoms with E-state index in [2.05, 4.69) is 30.9 Å².